The molecule has 0 unspecified atom stereocenters. The van der Waals surface area contributed by atoms with Crippen LogP contribution in [0, 0.1) is 0 Å². The molecule has 1 heterocycles. The Bertz CT molecular complexity index is 359. The van der Waals surface area contributed by atoms with E-state index in [1.54, 1.807) is 0 Å². The van der Waals surface area contributed by atoms with Crippen molar-refractivity contribution >= 4 is 34.0 Å². The molecule has 1 aromatic rings. The number of amides is 1. The minimum absolute atomic E-state index is 0.137. The highest BCUT2D eigenvalue weighted by molar-refractivity contribution is 8.00. The highest BCUT2D eigenvalue weighted by Crippen LogP contribution is 2.28. The molecule has 76 valence electrons. The summed E-state index contributed by atoms with van der Waals surface area (Å²) in [5, 5.41) is 3.37. The molecule has 3 N–H and O–H groups in total. The monoisotopic (exact) mass is 229 g/mol. The number of nitrogens with zero attached hydrogens (tertiary/aromatic N) is 1. The molecule has 1 aliphatic carbocycles. The van der Waals surface area contributed by atoms with Crippen molar-refractivity contribution in [2.24, 2.45) is 0 Å². The van der Waals surface area contributed by atoms with Crippen LogP contribution in [0.25, 0.3) is 0 Å². The highest BCUT2D eigenvalue weighted by Gasteiger charge is 2.26. The Morgan fingerprint density at radius 2 is 2.43 bits per heavy atom. The molecule has 14 heavy (non-hydrogen) atoms. The Kier molecular flexibility index (Phi) is 2.64. The lowest BCUT2D eigenvalue weighted by Crippen LogP contribution is -2.26. The van der Waals surface area contributed by atoms with E-state index in [1.165, 1.54) is 23.1 Å². The average Bonchev–Trinajstić information content (AvgIpc) is 2.87. The third kappa shape index (κ3) is 2.01. The van der Waals surface area contributed by atoms with Gasteiger partial charge in [0.05, 0.1) is 0 Å². The van der Waals surface area contributed by atoms with Gasteiger partial charge >= 0.3 is 0 Å². The second-order valence-electron chi connectivity index (χ2n) is 3.14. The average molecular weight is 229 g/mol. The van der Waals surface area contributed by atoms with Crippen LogP contribution < -0.4 is 11.1 Å². The van der Waals surface area contributed by atoms with E-state index in [9.17, 15) is 4.79 Å². The molecule has 0 aliphatic heterocycles. The van der Waals surface area contributed by atoms with Gasteiger partial charge in [0, 0.05) is 6.04 Å². The first-order chi connectivity index (χ1) is 6.70. The summed E-state index contributed by atoms with van der Waals surface area (Å²) in [6, 6.07) is 0.348. The summed E-state index contributed by atoms with van der Waals surface area (Å²) in [4.78, 5) is 15.7. The zero-order valence-corrected chi connectivity index (χ0v) is 9.37. The number of thioether (sulfide) groups is 1. The summed E-state index contributed by atoms with van der Waals surface area (Å²) in [6.07, 6.45) is 4.07. The maximum Gasteiger partial charge on any atom is 0.273 e. The lowest BCUT2D eigenvalue weighted by atomic mass is 10.4. The van der Waals surface area contributed by atoms with E-state index in [4.69, 9.17) is 5.73 Å². The van der Waals surface area contributed by atoms with Gasteiger partial charge in [-0.05, 0) is 19.1 Å². The van der Waals surface area contributed by atoms with Crippen LogP contribution in [-0.4, -0.2) is 23.2 Å². The van der Waals surface area contributed by atoms with Gasteiger partial charge in [0.1, 0.15) is 5.00 Å². The first-order valence-corrected chi connectivity index (χ1v) is 6.36. The minimum atomic E-state index is -0.137. The predicted octanol–water partition coefficient (Wildman–Crippen LogP) is 1.34. The molecule has 1 saturated carbocycles. The van der Waals surface area contributed by atoms with Crippen LogP contribution in [-0.2, 0) is 0 Å². The topological polar surface area (TPSA) is 68.0 Å². The first-order valence-electron chi connectivity index (χ1n) is 4.32. The number of hydrogen-bond acceptors (Lipinski definition) is 5. The van der Waals surface area contributed by atoms with Crippen molar-refractivity contribution in [3.8, 4) is 0 Å². The van der Waals surface area contributed by atoms with E-state index in [-0.39, 0.29) is 5.91 Å². The van der Waals surface area contributed by atoms with Gasteiger partial charge in [0.15, 0.2) is 10.0 Å². The van der Waals surface area contributed by atoms with E-state index in [0.717, 1.165) is 17.2 Å². The van der Waals surface area contributed by atoms with Crippen molar-refractivity contribution in [2.75, 3.05) is 12.0 Å². The highest BCUT2D eigenvalue weighted by atomic mass is 32.2. The van der Waals surface area contributed by atoms with Crippen LogP contribution in [0.3, 0.4) is 0 Å². The van der Waals surface area contributed by atoms with Crippen LogP contribution in [0.2, 0.25) is 0 Å². The molecule has 4 nitrogen and oxygen atoms in total. The first kappa shape index (κ1) is 9.79. The van der Waals surface area contributed by atoms with Crippen molar-refractivity contribution in [1.29, 1.82) is 0 Å². The van der Waals surface area contributed by atoms with Crippen LogP contribution in [0.15, 0.2) is 4.34 Å². The summed E-state index contributed by atoms with van der Waals surface area (Å²) >= 11 is 2.86. The van der Waals surface area contributed by atoms with Gasteiger partial charge in [-0.15, -0.1) is 0 Å². The van der Waals surface area contributed by atoms with E-state index < -0.39 is 0 Å². The fourth-order valence-corrected chi connectivity index (χ4v) is 2.39. The Labute approximate surface area is 90.3 Å². The third-order valence-electron chi connectivity index (χ3n) is 1.94. The Balaban J connectivity index is 2.12. The standard InChI is InChI=1S/C8H11N3OS2/c1-13-8-11-5(6(9)14-8)7(12)10-4-2-3-4/h4H,2-3,9H2,1H3,(H,10,12). The number of carbonyl (C=O) groups excluding carboxylic acids is 1. The Morgan fingerprint density at radius 1 is 1.71 bits per heavy atom. The van der Waals surface area contributed by atoms with Crippen LogP contribution >= 0.6 is 23.1 Å². The van der Waals surface area contributed by atoms with Gasteiger partial charge < -0.3 is 11.1 Å². The second kappa shape index (κ2) is 3.78. The molecule has 1 fully saturated rings. The summed E-state index contributed by atoms with van der Waals surface area (Å²) in [5.74, 6) is -0.137. The normalized spacial score (nSPS) is 15.5. The molecule has 1 amide bonds. The fourth-order valence-electron chi connectivity index (χ4n) is 1.04. The number of nitrogens with one attached hydrogen (secondary N) is 1. The van der Waals surface area contributed by atoms with E-state index in [0.29, 0.717) is 16.7 Å². The van der Waals surface area contributed by atoms with Crippen LogP contribution in [0.5, 0.6) is 0 Å². The lowest BCUT2D eigenvalue weighted by molar-refractivity contribution is 0.0947. The molecule has 0 spiro atoms. The lowest BCUT2D eigenvalue weighted by Gasteiger charge is -1.99. The van der Waals surface area contributed by atoms with E-state index in [1.807, 2.05) is 6.26 Å². The summed E-state index contributed by atoms with van der Waals surface area (Å²) in [6.45, 7) is 0. The zero-order chi connectivity index (χ0) is 10.1. The molecule has 1 aliphatic rings. The summed E-state index contributed by atoms with van der Waals surface area (Å²) in [7, 11) is 0. The fraction of sp³-hybridized carbons (Fsp3) is 0.500. The molecule has 0 bridgehead atoms. The number of aromatic nitrogens is 1. The van der Waals surface area contributed by atoms with Gasteiger partial charge in [0.2, 0.25) is 0 Å². The maximum atomic E-state index is 11.6. The van der Waals surface area contributed by atoms with Crippen molar-refractivity contribution in [2.45, 2.75) is 23.2 Å². The third-order valence-corrected chi connectivity index (χ3v) is 3.81. The molecule has 0 radical (unpaired) electrons. The van der Waals surface area contributed by atoms with E-state index >= 15 is 0 Å². The Hall–Kier alpha value is -0.750. The van der Waals surface area contributed by atoms with Gasteiger partial charge in [-0.3, -0.25) is 4.79 Å². The van der Waals surface area contributed by atoms with Gasteiger partial charge in [-0.1, -0.05) is 23.1 Å². The number of thiazole rings is 1. The number of hydrogen-bond donors (Lipinski definition) is 2. The molecule has 2 rings (SSSR count). The van der Waals surface area contributed by atoms with Crippen molar-refractivity contribution in [3.05, 3.63) is 5.69 Å². The van der Waals surface area contributed by atoms with Crippen molar-refractivity contribution in [3.63, 3.8) is 0 Å². The molecule has 1 aromatic heterocycles. The van der Waals surface area contributed by atoms with Gasteiger partial charge in [-0.25, -0.2) is 4.98 Å². The van der Waals surface area contributed by atoms with Gasteiger partial charge in [-0.2, -0.15) is 0 Å². The van der Waals surface area contributed by atoms with Crippen LogP contribution in [0.1, 0.15) is 23.3 Å². The summed E-state index contributed by atoms with van der Waals surface area (Å²) in [5.41, 5.74) is 6.08. The van der Waals surface area contributed by atoms with Crippen LogP contribution in [0.4, 0.5) is 5.00 Å². The second-order valence-corrected chi connectivity index (χ2v) is 5.23. The largest absolute Gasteiger partial charge is 0.389 e. The van der Waals surface area contributed by atoms with Crippen molar-refractivity contribution < 1.29 is 4.79 Å². The quantitative estimate of drug-likeness (QED) is 0.767. The number of rotatable bonds is 3. The maximum absolute atomic E-state index is 11.6. The minimum Gasteiger partial charge on any atom is -0.389 e. The zero-order valence-electron chi connectivity index (χ0n) is 7.74. The molecule has 0 saturated heterocycles. The molecule has 6 heteroatoms. The number of nitrogen functional groups attached to an aromatic ring is 1. The Morgan fingerprint density at radius 3 is 2.93 bits per heavy atom. The molecule has 0 atom stereocenters. The van der Waals surface area contributed by atoms with E-state index in [2.05, 4.69) is 10.3 Å². The molecular weight excluding hydrogens is 218 g/mol. The SMILES string of the molecule is CSc1nc(C(=O)NC2CC2)c(N)s1. The number of carbonyl (C=O) groups is 1. The molecular formula is C8H11N3OS2. The summed E-state index contributed by atoms with van der Waals surface area (Å²) < 4.78 is 0.837. The van der Waals surface area contributed by atoms with Gasteiger partial charge in [0.25, 0.3) is 5.91 Å². The number of anilines is 1. The smallest absolute Gasteiger partial charge is 0.273 e. The van der Waals surface area contributed by atoms with Crippen molar-refractivity contribution in [1.82, 2.24) is 10.3 Å². The number of nitrogens with two attached hydrogens (primary N) is 1. The predicted molar refractivity (Wildman–Crippen MR) is 58.8 cm³/mol. The molecule has 0 aromatic carbocycles.